The van der Waals surface area contributed by atoms with Crippen LogP contribution in [-0.4, -0.2) is 24.2 Å². The highest BCUT2D eigenvalue weighted by molar-refractivity contribution is 5.70. The van der Waals surface area contributed by atoms with Crippen molar-refractivity contribution >= 4 is 11.7 Å². The summed E-state index contributed by atoms with van der Waals surface area (Å²) in [6.45, 7) is 0. The highest BCUT2D eigenvalue weighted by Gasteiger charge is 2.29. The molecular formula is C14H16N2O3. The molecule has 0 spiro atoms. The molecule has 0 aliphatic heterocycles. The highest BCUT2D eigenvalue weighted by atomic mass is 16.5. The van der Waals surface area contributed by atoms with Crippen molar-refractivity contribution in [2.45, 2.75) is 25.3 Å². The number of carbonyl (C=O) groups is 1. The molecule has 1 aliphatic rings. The minimum Gasteiger partial charge on any atom is -0.497 e. The number of ether oxygens (including phenoxy) is 1. The third kappa shape index (κ3) is 2.97. The molecule has 1 aliphatic carbocycles. The summed E-state index contributed by atoms with van der Waals surface area (Å²) < 4.78 is 5.13. The number of nitriles is 1. The molecule has 2 atom stereocenters. The van der Waals surface area contributed by atoms with Crippen LogP contribution in [0.3, 0.4) is 0 Å². The van der Waals surface area contributed by atoms with Crippen LogP contribution in [0.25, 0.3) is 0 Å². The van der Waals surface area contributed by atoms with Gasteiger partial charge in [0.1, 0.15) is 11.8 Å². The standard InChI is InChI=1S/C14H16N2O3/c1-19-12-5-3-10(8-15)13(7-12)16-11-4-2-9(6-11)14(17)18/h3,5,7,9,11,16H,2,4,6H2,1H3,(H,17,18)/t9-,11+/m1/s1. The quantitative estimate of drug-likeness (QED) is 0.867. The van der Waals surface area contributed by atoms with Gasteiger partial charge in [0.15, 0.2) is 0 Å². The maximum absolute atomic E-state index is 10.9. The topological polar surface area (TPSA) is 82.3 Å². The van der Waals surface area contributed by atoms with E-state index in [4.69, 9.17) is 15.1 Å². The van der Waals surface area contributed by atoms with Crippen molar-refractivity contribution in [2.75, 3.05) is 12.4 Å². The lowest BCUT2D eigenvalue weighted by molar-refractivity contribution is -0.141. The molecule has 0 saturated heterocycles. The van der Waals surface area contributed by atoms with Crippen LogP contribution in [0.4, 0.5) is 5.69 Å². The Balaban J connectivity index is 2.11. The van der Waals surface area contributed by atoms with Crippen LogP contribution in [0.1, 0.15) is 24.8 Å². The Hall–Kier alpha value is -2.22. The predicted molar refractivity (Wildman–Crippen MR) is 70.1 cm³/mol. The summed E-state index contributed by atoms with van der Waals surface area (Å²) in [4.78, 5) is 10.9. The zero-order valence-electron chi connectivity index (χ0n) is 10.7. The van der Waals surface area contributed by atoms with Gasteiger partial charge in [0.2, 0.25) is 0 Å². The molecule has 0 heterocycles. The lowest BCUT2D eigenvalue weighted by Crippen LogP contribution is -2.18. The van der Waals surface area contributed by atoms with E-state index in [0.717, 1.165) is 6.42 Å². The second kappa shape index (κ2) is 5.61. The number of carboxylic acid groups (broad SMARTS) is 1. The fourth-order valence-electron chi connectivity index (χ4n) is 2.42. The number of carboxylic acids is 1. The Kier molecular flexibility index (Phi) is 3.91. The van der Waals surface area contributed by atoms with Crippen LogP contribution < -0.4 is 10.1 Å². The van der Waals surface area contributed by atoms with Gasteiger partial charge in [-0.2, -0.15) is 5.26 Å². The van der Waals surface area contributed by atoms with Crippen LogP contribution in [-0.2, 0) is 4.79 Å². The van der Waals surface area contributed by atoms with Crippen molar-refractivity contribution < 1.29 is 14.6 Å². The Bertz CT molecular complexity index is 522. The molecule has 0 unspecified atom stereocenters. The first-order chi connectivity index (χ1) is 9.13. The fourth-order valence-corrected chi connectivity index (χ4v) is 2.42. The molecule has 1 aromatic rings. The van der Waals surface area contributed by atoms with E-state index < -0.39 is 5.97 Å². The molecule has 0 bridgehead atoms. The van der Waals surface area contributed by atoms with E-state index in [2.05, 4.69) is 11.4 Å². The molecule has 5 nitrogen and oxygen atoms in total. The summed E-state index contributed by atoms with van der Waals surface area (Å²) in [6.07, 6.45) is 2.08. The highest BCUT2D eigenvalue weighted by Crippen LogP contribution is 2.30. The van der Waals surface area contributed by atoms with Gasteiger partial charge < -0.3 is 15.2 Å². The largest absolute Gasteiger partial charge is 0.497 e. The van der Waals surface area contributed by atoms with Crippen LogP contribution >= 0.6 is 0 Å². The first-order valence-corrected chi connectivity index (χ1v) is 6.21. The van der Waals surface area contributed by atoms with Crippen molar-refractivity contribution in [1.82, 2.24) is 0 Å². The number of aliphatic carboxylic acids is 1. The predicted octanol–water partition coefficient (Wildman–Crippen LogP) is 2.23. The van der Waals surface area contributed by atoms with Gasteiger partial charge in [-0.1, -0.05) is 0 Å². The summed E-state index contributed by atoms with van der Waals surface area (Å²) in [6, 6.07) is 7.42. The van der Waals surface area contributed by atoms with Crippen molar-refractivity contribution in [1.29, 1.82) is 5.26 Å². The maximum Gasteiger partial charge on any atom is 0.306 e. The molecule has 0 aromatic heterocycles. The van der Waals surface area contributed by atoms with Gasteiger partial charge in [0.25, 0.3) is 0 Å². The van der Waals surface area contributed by atoms with E-state index in [1.54, 1.807) is 25.3 Å². The van der Waals surface area contributed by atoms with Crippen molar-refractivity contribution in [2.24, 2.45) is 5.92 Å². The number of hydrogen-bond acceptors (Lipinski definition) is 4. The fraction of sp³-hybridized carbons (Fsp3) is 0.429. The second-order valence-corrected chi connectivity index (χ2v) is 4.71. The summed E-state index contributed by atoms with van der Waals surface area (Å²) in [7, 11) is 1.57. The van der Waals surface area contributed by atoms with Gasteiger partial charge in [-0.05, 0) is 31.4 Å². The summed E-state index contributed by atoms with van der Waals surface area (Å²) in [5.74, 6) is -0.349. The Morgan fingerprint density at radius 3 is 2.89 bits per heavy atom. The number of rotatable bonds is 4. The zero-order chi connectivity index (χ0) is 13.8. The lowest BCUT2D eigenvalue weighted by atomic mass is 10.1. The molecule has 0 radical (unpaired) electrons. The van der Waals surface area contributed by atoms with Gasteiger partial charge in [-0.3, -0.25) is 4.79 Å². The number of benzene rings is 1. The number of hydrogen-bond donors (Lipinski definition) is 2. The third-order valence-corrected chi connectivity index (χ3v) is 3.49. The summed E-state index contributed by atoms with van der Waals surface area (Å²) >= 11 is 0. The van der Waals surface area contributed by atoms with Crippen LogP contribution in [0, 0.1) is 17.2 Å². The molecule has 2 N–H and O–H groups in total. The second-order valence-electron chi connectivity index (χ2n) is 4.71. The van der Waals surface area contributed by atoms with E-state index >= 15 is 0 Å². The summed E-state index contributed by atoms with van der Waals surface area (Å²) in [5.41, 5.74) is 1.25. The van der Waals surface area contributed by atoms with Crippen LogP contribution in [0.15, 0.2) is 18.2 Å². The van der Waals surface area contributed by atoms with E-state index in [1.807, 2.05) is 0 Å². The molecule has 19 heavy (non-hydrogen) atoms. The van der Waals surface area contributed by atoms with Crippen molar-refractivity contribution in [3.8, 4) is 11.8 Å². The Morgan fingerprint density at radius 2 is 2.32 bits per heavy atom. The molecule has 5 heteroatoms. The van der Waals surface area contributed by atoms with Gasteiger partial charge in [0, 0.05) is 12.1 Å². The number of nitrogens with zero attached hydrogens (tertiary/aromatic N) is 1. The van der Waals surface area contributed by atoms with E-state index in [-0.39, 0.29) is 12.0 Å². The van der Waals surface area contributed by atoms with E-state index in [9.17, 15) is 4.79 Å². The Morgan fingerprint density at radius 1 is 1.53 bits per heavy atom. The molecule has 100 valence electrons. The maximum atomic E-state index is 10.9. The molecule has 1 fully saturated rings. The number of methoxy groups -OCH3 is 1. The smallest absolute Gasteiger partial charge is 0.306 e. The molecule has 1 aromatic carbocycles. The van der Waals surface area contributed by atoms with E-state index in [1.165, 1.54) is 0 Å². The first-order valence-electron chi connectivity index (χ1n) is 6.21. The Labute approximate surface area is 111 Å². The minimum absolute atomic E-state index is 0.0975. The molecular weight excluding hydrogens is 244 g/mol. The summed E-state index contributed by atoms with van der Waals surface area (Å²) in [5, 5.41) is 21.3. The van der Waals surface area contributed by atoms with Crippen LogP contribution in [0.2, 0.25) is 0 Å². The van der Waals surface area contributed by atoms with Gasteiger partial charge >= 0.3 is 5.97 Å². The van der Waals surface area contributed by atoms with Gasteiger partial charge in [0.05, 0.1) is 24.3 Å². The average molecular weight is 260 g/mol. The SMILES string of the molecule is COc1ccc(C#N)c(N[C@H]2CC[C@@H](C(=O)O)C2)c1. The van der Waals surface area contributed by atoms with Gasteiger partial charge in [-0.15, -0.1) is 0 Å². The molecule has 1 saturated carbocycles. The first kappa shape index (κ1) is 13.2. The van der Waals surface area contributed by atoms with Crippen LogP contribution in [0.5, 0.6) is 5.75 Å². The third-order valence-electron chi connectivity index (χ3n) is 3.49. The average Bonchev–Trinajstić information content (AvgIpc) is 2.87. The van der Waals surface area contributed by atoms with E-state index in [0.29, 0.717) is 29.8 Å². The number of anilines is 1. The molecule has 2 rings (SSSR count). The van der Waals surface area contributed by atoms with Crippen molar-refractivity contribution in [3.63, 3.8) is 0 Å². The number of nitrogens with one attached hydrogen (secondary N) is 1. The molecule has 0 amide bonds. The van der Waals surface area contributed by atoms with Gasteiger partial charge in [-0.25, -0.2) is 0 Å². The normalized spacial score (nSPS) is 21.7. The zero-order valence-corrected chi connectivity index (χ0v) is 10.7. The van der Waals surface area contributed by atoms with Crippen molar-refractivity contribution in [3.05, 3.63) is 23.8 Å². The minimum atomic E-state index is -0.740. The monoisotopic (exact) mass is 260 g/mol. The lowest BCUT2D eigenvalue weighted by Gasteiger charge is -2.16.